The molecule has 3 rings (SSSR count). The highest BCUT2D eigenvalue weighted by Crippen LogP contribution is 2.29. The molecule has 3 heteroatoms. The third kappa shape index (κ3) is 2.87. The second-order valence-electron chi connectivity index (χ2n) is 6.01. The van der Waals surface area contributed by atoms with E-state index >= 15 is 0 Å². The normalized spacial score (nSPS) is 17.9. The SMILES string of the molecule is CC1(C)Cc2ccccc2/C(=C/C(=O)c2cccnc2)N1. The van der Waals surface area contributed by atoms with E-state index < -0.39 is 0 Å². The summed E-state index contributed by atoms with van der Waals surface area (Å²) in [5, 5.41) is 3.47. The molecular formula is C18H18N2O. The Labute approximate surface area is 124 Å². The number of hydrogen-bond donors (Lipinski definition) is 1. The lowest BCUT2D eigenvalue weighted by Gasteiger charge is -2.35. The zero-order valence-corrected chi connectivity index (χ0v) is 12.3. The van der Waals surface area contributed by atoms with Crippen LogP contribution in [0.4, 0.5) is 0 Å². The number of nitrogens with zero attached hydrogens (tertiary/aromatic N) is 1. The van der Waals surface area contributed by atoms with Crippen molar-refractivity contribution in [3.8, 4) is 0 Å². The minimum atomic E-state index is -0.0601. The number of allylic oxidation sites excluding steroid dienone is 1. The van der Waals surface area contributed by atoms with Crippen molar-refractivity contribution in [2.75, 3.05) is 0 Å². The summed E-state index contributed by atoms with van der Waals surface area (Å²) in [5.41, 5.74) is 3.80. The fourth-order valence-corrected chi connectivity index (χ4v) is 2.73. The van der Waals surface area contributed by atoms with Crippen LogP contribution in [0.1, 0.15) is 35.3 Å². The van der Waals surface area contributed by atoms with Crippen molar-refractivity contribution in [2.24, 2.45) is 0 Å². The topological polar surface area (TPSA) is 42.0 Å². The van der Waals surface area contributed by atoms with Gasteiger partial charge in [0.05, 0.1) is 0 Å². The molecule has 2 aromatic rings. The average Bonchev–Trinajstić information content (AvgIpc) is 2.47. The van der Waals surface area contributed by atoms with Gasteiger partial charge in [-0.15, -0.1) is 0 Å². The van der Waals surface area contributed by atoms with E-state index in [0.29, 0.717) is 5.56 Å². The lowest BCUT2D eigenvalue weighted by molar-refractivity contribution is 0.104. The maximum absolute atomic E-state index is 12.4. The summed E-state index contributed by atoms with van der Waals surface area (Å²) in [6.45, 7) is 4.29. The Balaban J connectivity index is 2.01. The summed E-state index contributed by atoms with van der Waals surface area (Å²) in [7, 11) is 0. The summed E-state index contributed by atoms with van der Waals surface area (Å²) in [6.07, 6.45) is 5.89. The Morgan fingerprint density at radius 3 is 2.81 bits per heavy atom. The summed E-state index contributed by atoms with van der Waals surface area (Å²) in [4.78, 5) is 16.4. The highest BCUT2D eigenvalue weighted by atomic mass is 16.1. The molecule has 1 aliphatic rings. The smallest absolute Gasteiger partial charge is 0.189 e. The minimum Gasteiger partial charge on any atom is -0.379 e. The number of aromatic nitrogens is 1. The zero-order chi connectivity index (χ0) is 14.9. The number of carbonyl (C=O) groups excluding carboxylic acids is 1. The first-order chi connectivity index (χ1) is 10.1. The Kier molecular flexibility index (Phi) is 3.34. The standard InChI is InChI=1S/C18H18N2O/c1-18(2)11-13-6-3-4-8-15(13)16(20-18)10-17(21)14-7-5-9-19-12-14/h3-10,12,20H,11H2,1-2H3/b16-10-. The maximum atomic E-state index is 12.4. The number of nitrogens with one attached hydrogen (secondary N) is 1. The number of fused-ring (bicyclic) bond motifs is 1. The molecule has 0 atom stereocenters. The van der Waals surface area contributed by atoms with Crippen molar-refractivity contribution in [2.45, 2.75) is 25.8 Å². The highest BCUT2D eigenvalue weighted by Gasteiger charge is 2.27. The van der Waals surface area contributed by atoms with E-state index in [2.05, 4.69) is 36.3 Å². The van der Waals surface area contributed by atoms with E-state index in [0.717, 1.165) is 17.7 Å². The van der Waals surface area contributed by atoms with Crippen LogP contribution in [0.25, 0.3) is 5.70 Å². The van der Waals surface area contributed by atoms with Crippen molar-refractivity contribution >= 4 is 11.5 Å². The molecule has 0 unspecified atom stereocenters. The molecule has 0 spiro atoms. The molecule has 2 heterocycles. The van der Waals surface area contributed by atoms with Gasteiger partial charge in [-0.1, -0.05) is 24.3 Å². The highest BCUT2D eigenvalue weighted by molar-refractivity contribution is 6.08. The van der Waals surface area contributed by atoms with E-state index in [1.165, 1.54) is 5.56 Å². The van der Waals surface area contributed by atoms with Gasteiger partial charge in [-0.2, -0.15) is 0 Å². The molecule has 0 fully saturated rings. The Bertz CT molecular complexity index is 702. The molecule has 3 nitrogen and oxygen atoms in total. The van der Waals surface area contributed by atoms with Crippen molar-refractivity contribution < 1.29 is 4.79 Å². The molecule has 0 saturated carbocycles. The molecule has 0 amide bonds. The monoisotopic (exact) mass is 278 g/mol. The summed E-state index contributed by atoms with van der Waals surface area (Å²) in [5.74, 6) is -0.0295. The summed E-state index contributed by atoms with van der Waals surface area (Å²) < 4.78 is 0. The van der Waals surface area contributed by atoms with E-state index in [9.17, 15) is 4.79 Å². The Hall–Kier alpha value is -2.42. The average molecular weight is 278 g/mol. The molecule has 1 aromatic heterocycles. The van der Waals surface area contributed by atoms with Gasteiger partial charge in [-0.25, -0.2) is 0 Å². The third-order valence-electron chi connectivity index (χ3n) is 3.63. The Morgan fingerprint density at radius 2 is 2.05 bits per heavy atom. The van der Waals surface area contributed by atoms with Gasteiger partial charge in [0, 0.05) is 40.8 Å². The first-order valence-corrected chi connectivity index (χ1v) is 7.08. The van der Waals surface area contributed by atoms with E-state index in [-0.39, 0.29) is 11.3 Å². The summed E-state index contributed by atoms with van der Waals surface area (Å²) in [6, 6.07) is 11.8. The Morgan fingerprint density at radius 1 is 1.24 bits per heavy atom. The summed E-state index contributed by atoms with van der Waals surface area (Å²) >= 11 is 0. The van der Waals surface area contributed by atoms with E-state index in [1.807, 2.05) is 12.1 Å². The van der Waals surface area contributed by atoms with Crippen LogP contribution in [-0.2, 0) is 6.42 Å². The van der Waals surface area contributed by atoms with Crippen LogP contribution in [0, 0.1) is 0 Å². The van der Waals surface area contributed by atoms with Crippen LogP contribution in [0.5, 0.6) is 0 Å². The van der Waals surface area contributed by atoms with Crippen LogP contribution >= 0.6 is 0 Å². The van der Waals surface area contributed by atoms with Gasteiger partial charge < -0.3 is 5.32 Å². The zero-order valence-electron chi connectivity index (χ0n) is 12.3. The number of rotatable bonds is 2. The van der Waals surface area contributed by atoms with Crippen LogP contribution in [-0.4, -0.2) is 16.3 Å². The molecule has 0 radical (unpaired) electrons. The van der Waals surface area contributed by atoms with Gasteiger partial charge in [0.2, 0.25) is 0 Å². The van der Waals surface area contributed by atoms with Gasteiger partial charge in [0.1, 0.15) is 0 Å². The fourth-order valence-electron chi connectivity index (χ4n) is 2.73. The molecule has 1 N–H and O–H groups in total. The second kappa shape index (κ2) is 5.17. The van der Waals surface area contributed by atoms with Crippen LogP contribution in [0.3, 0.4) is 0 Å². The minimum absolute atomic E-state index is 0.0295. The number of hydrogen-bond acceptors (Lipinski definition) is 3. The molecule has 0 bridgehead atoms. The van der Waals surface area contributed by atoms with Crippen LogP contribution in [0.15, 0.2) is 54.9 Å². The number of pyridine rings is 1. The van der Waals surface area contributed by atoms with Crippen molar-refractivity contribution in [3.63, 3.8) is 0 Å². The van der Waals surface area contributed by atoms with Gasteiger partial charge in [0.15, 0.2) is 5.78 Å². The predicted octanol–water partition coefficient (Wildman–Crippen LogP) is 3.23. The number of ketones is 1. The van der Waals surface area contributed by atoms with Gasteiger partial charge in [-0.05, 0) is 38.0 Å². The van der Waals surface area contributed by atoms with Gasteiger partial charge in [0.25, 0.3) is 0 Å². The molecule has 106 valence electrons. The molecular weight excluding hydrogens is 260 g/mol. The second-order valence-corrected chi connectivity index (χ2v) is 6.01. The van der Waals surface area contributed by atoms with Gasteiger partial charge >= 0.3 is 0 Å². The molecule has 1 aromatic carbocycles. The van der Waals surface area contributed by atoms with Crippen molar-refractivity contribution in [1.29, 1.82) is 0 Å². The van der Waals surface area contributed by atoms with Crippen LogP contribution < -0.4 is 5.32 Å². The van der Waals surface area contributed by atoms with Crippen molar-refractivity contribution in [1.82, 2.24) is 10.3 Å². The van der Waals surface area contributed by atoms with E-state index in [1.54, 1.807) is 30.6 Å². The van der Waals surface area contributed by atoms with Crippen LogP contribution in [0.2, 0.25) is 0 Å². The third-order valence-corrected chi connectivity index (χ3v) is 3.63. The van der Waals surface area contributed by atoms with E-state index in [4.69, 9.17) is 0 Å². The molecule has 0 aliphatic carbocycles. The number of benzene rings is 1. The molecule has 1 aliphatic heterocycles. The molecule has 0 saturated heterocycles. The first-order valence-electron chi connectivity index (χ1n) is 7.08. The maximum Gasteiger partial charge on any atom is 0.189 e. The van der Waals surface area contributed by atoms with Gasteiger partial charge in [-0.3, -0.25) is 9.78 Å². The molecule has 21 heavy (non-hydrogen) atoms. The first kappa shape index (κ1) is 13.6. The number of carbonyl (C=O) groups is 1. The van der Waals surface area contributed by atoms with Crippen molar-refractivity contribution in [3.05, 3.63) is 71.6 Å². The lowest BCUT2D eigenvalue weighted by Crippen LogP contribution is -2.43. The largest absolute Gasteiger partial charge is 0.379 e. The predicted molar refractivity (Wildman–Crippen MR) is 83.9 cm³/mol. The quantitative estimate of drug-likeness (QED) is 0.677. The fraction of sp³-hybridized carbons (Fsp3) is 0.222. The lowest BCUT2D eigenvalue weighted by atomic mass is 9.85.